The molecule has 0 unspecified atom stereocenters. The van der Waals surface area contributed by atoms with E-state index in [1.165, 1.54) is 36.1 Å². The number of nitrogens with one attached hydrogen (secondary N) is 1. The highest BCUT2D eigenvalue weighted by atomic mass is 19.1. The molecule has 25 heavy (non-hydrogen) atoms. The molecule has 7 heteroatoms. The molecule has 0 spiro atoms. The van der Waals surface area contributed by atoms with Crippen molar-refractivity contribution in [2.45, 2.75) is 6.92 Å². The molecule has 0 fully saturated rings. The Kier molecular flexibility index (Phi) is 4.83. The van der Waals surface area contributed by atoms with E-state index in [9.17, 15) is 14.0 Å². The molecule has 1 aliphatic heterocycles. The number of nitrogens with zero attached hydrogens (tertiary/aromatic N) is 1. The molecule has 3 rings (SSSR count). The molecule has 1 aliphatic rings. The van der Waals surface area contributed by atoms with E-state index < -0.39 is 5.91 Å². The lowest BCUT2D eigenvalue weighted by Crippen LogP contribution is -2.36. The average Bonchev–Trinajstić information content (AvgIpc) is 2.61. The first kappa shape index (κ1) is 16.8. The van der Waals surface area contributed by atoms with Gasteiger partial charge < -0.3 is 19.7 Å². The number of carbonyl (C=O) groups excluding carboxylic acids is 2. The van der Waals surface area contributed by atoms with Crippen molar-refractivity contribution in [2.24, 2.45) is 0 Å². The van der Waals surface area contributed by atoms with Gasteiger partial charge in [-0.3, -0.25) is 9.59 Å². The summed E-state index contributed by atoms with van der Waals surface area (Å²) >= 11 is 0. The summed E-state index contributed by atoms with van der Waals surface area (Å²) in [6.07, 6.45) is 0. The molecule has 0 atom stereocenters. The lowest BCUT2D eigenvalue weighted by atomic mass is 10.2. The number of rotatable bonds is 4. The summed E-state index contributed by atoms with van der Waals surface area (Å²) < 4.78 is 23.9. The molecular formula is C18H17FN2O4. The van der Waals surface area contributed by atoms with Crippen LogP contribution >= 0.6 is 0 Å². The van der Waals surface area contributed by atoms with E-state index >= 15 is 0 Å². The molecule has 0 aromatic heterocycles. The fourth-order valence-electron chi connectivity index (χ4n) is 2.46. The molecule has 1 N–H and O–H groups in total. The lowest BCUT2D eigenvalue weighted by molar-refractivity contribution is -0.120. The predicted molar refractivity (Wildman–Crippen MR) is 90.5 cm³/mol. The molecule has 2 aromatic rings. The van der Waals surface area contributed by atoms with Crippen molar-refractivity contribution in [3.8, 4) is 11.5 Å². The van der Waals surface area contributed by atoms with Crippen LogP contribution in [-0.2, 0) is 9.59 Å². The second-order valence-electron chi connectivity index (χ2n) is 5.49. The van der Waals surface area contributed by atoms with Gasteiger partial charge in [0.05, 0.1) is 0 Å². The van der Waals surface area contributed by atoms with Gasteiger partial charge in [0, 0.05) is 24.4 Å². The largest absolute Gasteiger partial charge is 0.486 e. The third-order valence-corrected chi connectivity index (χ3v) is 3.65. The van der Waals surface area contributed by atoms with Gasteiger partial charge in [-0.25, -0.2) is 4.39 Å². The minimum atomic E-state index is -0.392. The maximum atomic E-state index is 12.9. The Balaban J connectivity index is 1.73. The highest BCUT2D eigenvalue weighted by Gasteiger charge is 2.19. The second kappa shape index (κ2) is 7.21. The average molecular weight is 344 g/mol. The first-order chi connectivity index (χ1) is 12.0. The fourth-order valence-corrected chi connectivity index (χ4v) is 2.46. The van der Waals surface area contributed by atoms with Gasteiger partial charge in [0.25, 0.3) is 0 Å². The smallest absolute Gasteiger partial charge is 0.244 e. The summed E-state index contributed by atoms with van der Waals surface area (Å²) in [5.74, 6) is 0.0745. The highest BCUT2D eigenvalue weighted by molar-refractivity contribution is 6.01. The molecule has 0 aliphatic carbocycles. The number of carbonyl (C=O) groups is 2. The summed E-state index contributed by atoms with van der Waals surface area (Å²) in [6, 6.07) is 10.5. The van der Waals surface area contributed by atoms with Crippen molar-refractivity contribution < 1.29 is 23.5 Å². The zero-order chi connectivity index (χ0) is 17.8. The van der Waals surface area contributed by atoms with Crippen LogP contribution in [-0.4, -0.2) is 31.6 Å². The van der Waals surface area contributed by atoms with E-state index in [1.54, 1.807) is 18.2 Å². The first-order valence-electron chi connectivity index (χ1n) is 7.76. The van der Waals surface area contributed by atoms with Crippen LogP contribution in [0, 0.1) is 5.82 Å². The molecule has 2 amide bonds. The van der Waals surface area contributed by atoms with E-state index in [4.69, 9.17) is 9.47 Å². The molecule has 130 valence electrons. The van der Waals surface area contributed by atoms with Gasteiger partial charge in [-0.1, -0.05) is 0 Å². The van der Waals surface area contributed by atoms with Gasteiger partial charge in [0.2, 0.25) is 11.8 Å². The summed E-state index contributed by atoms with van der Waals surface area (Å²) in [5.41, 5.74) is 0.989. The molecule has 1 heterocycles. The van der Waals surface area contributed by atoms with Crippen molar-refractivity contribution in [1.82, 2.24) is 0 Å². The van der Waals surface area contributed by atoms with Crippen molar-refractivity contribution in [1.29, 1.82) is 0 Å². The Morgan fingerprint density at radius 2 is 1.76 bits per heavy atom. The Labute approximate surface area is 144 Å². The molecular weight excluding hydrogens is 327 g/mol. The van der Waals surface area contributed by atoms with Crippen LogP contribution in [0.5, 0.6) is 11.5 Å². The minimum Gasteiger partial charge on any atom is -0.486 e. The van der Waals surface area contributed by atoms with Gasteiger partial charge in [-0.15, -0.1) is 0 Å². The van der Waals surface area contributed by atoms with Crippen LogP contribution in [0.3, 0.4) is 0 Å². The van der Waals surface area contributed by atoms with E-state index in [0.717, 1.165) is 0 Å². The van der Waals surface area contributed by atoms with Gasteiger partial charge in [0.15, 0.2) is 11.5 Å². The van der Waals surface area contributed by atoms with Crippen LogP contribution in [0.4, 0.5) is 15.8 Å². The minimum absolute atomic E-state index is 0.174. The number of hydrogen-bond acceptors (Lipinski definition) is 4. The van der Waals surface area contributed by atoms with Crippen LogP contribution in [0.25, 0.3) is 0 Å². The number of amides is 2. The Morgan fingerprint density at radius 1 is 1.08 bits per heavy atom. The lowest BCUT2D eigenvalue weighted by Gasteiger charge is -2.24. The third-order valence-electron chi connectivity index (χ3n) is 3.65. The highest BCUT2D eigenvalue weighted by Crippen LogP contribution is 2.34. The monoisotopic (exact) mass is 344 g/mol. The Hall–Kier alpha value is -3.09. The SMILES string of the molecule is CC(=O)N(CC(=O)Nc1ccc(F)cc1)c1ccc2c(c1)OCCO2. The topological polar surface area (TPSA) is 67.9 Å². The first-order valence-corrected chi connectivity index (χ1v) is 7.76. The number of benzene rings is 2. The van der Waals surface area contributed by atoms with E-state index in [-0.39, 0.29) is 18.3 Å². The molecule has 2 aromatic carbocycles. The van der Waals surface area contributed by atoms with Crippen LogP contribution in [0.1, 0.15) is 6.92 Å². The molecule has 0 bridgehead atoms. The van der Waals surface area contributed by atoms with Crippen LogP contribution < -0.4 is 19.7 Å². The van der Waals surface area contributed by atoms with Crippen LogP contribution in [0.2, 0.25) is 0 Å². The van der Waals surface area contributed by atoms with Crippen molar-refractivity contribution >= 4 is 23.2 Å². The number of anilines is 2. The molecule has 6 nitrogen and oxygen atoms in total. The zero-order valence-electron chi connectivity index (χ0n) is 13.6. The summed E-state index contributed by atoms with van der Waals surface area (Å²) in [4.78, 5) is 25.5. The number of hydrogen-bond donors (Lipinski definition) is 1. The Bertz CT molecular complexity index is 792. The molecule has 0 saturated heterocycles. The van der Waals surface area contributed by atoms with Gasteiger partial charge in [0.1, 0.15) is 25.6 Å². The van der Waals surface area contributed by atoms with Crippen LogP contribution in [0.15, 0.2) is 42.5 Å². The molecule has 0 saturated carbocycles. The van der Waals surface area contributed by atoms with Gasteiger partial charge in [-0.05, 0) is 36.4 Å². The Morgan fingerprint density at radius 3 is 2.44 bits per heavy atom. The summed E-state index contributed by atoms with van der Waals surface area (Å²) in [6.45, 7) is 2.11. The van der Waals surface area contributed by atoms with Gasteiger partial charge in [-0.2, -0.15) is 0 Å². The molecule has 0 radical (unpaired) electrons. The van der Waals surface area contributed by atoms with E-state index in [2.05, 4.69) is 5.32 Å². The normalized spacial score (nSPS) is 12.4. The predicted octanol–water partition coefficient (Wildman–Crippen LogP) is 2.59. The third kappa shape index (κ3) is 4.06. The van der Waals surface area contributed by atoms with Gasteiger partial charge >= 0.3 is 0 Å². The number of ether oxygens (including phenoxy) is 2. The van der Waals surface area contributed by atoms with E-state index in [0.29, 0.717) is 36.1 Å². The van der Waals surface area contributed by atoms with Crippen molar-refractivity contribution in [3.63, 3.8) is 0 Å². The summed E-state index contributed by atoms with van der Waals surface area (Å²) in [5, 5.41) is 2.63. The number of fused-ring (bicyclic) bond motifs is 1. The second-order valence-corrected chi connectivity index (χ2v) is 5.49. The zero-order valence-corrected chi connectivity index (χ0v) is 13.6. The maximum Gasteiger partial charge on any atom is 0.244 e. The van der Waals surface area contributed by atoms with E-state index in [1.807, 2.05) is 0 Å². The standard InChI is InChI=1S/C18H17FN2O4/c1-12(22)21(11-18(23)20-14-4-2-13(19)3-5-14)15-6-7-16-17(10-15)25-9-8-24-16/h2-7,10H,8-9,11H2,1H3,(H,20,23). The number of halogens is 1. The van der Waals surface area contributed by atoms with Crippen molar-refractivity contribution in [3.05, 3.63) is 48.3 Å². The summed E-state index contributed by atoms with van der Waals surface area (Å²) in [7, 11) is 0. The quantitative estimate of drug-likeness (QED) is 0.926. The fraction of sp³-hybridized carbons (Fsp3) is 0.222. The van der Waals surface area contributed by atoms with Crippen molar-refractivity contribution in [2.75, 3.05) is 30.0 Å². The maximum absolute atomic E-state index is 12.9.